The van der Waals surface area contributed by atoms with Crippen molar-refractivity contribution in [2.75, 3.05) is 26.4 Å². The summed E-state index contributed by atoms with van der Waals surface area (Å²) in [5, 5.41) is 12.1. The molecule has 0 amide bonds. The van der Waals surface area contributed by atoms with E-state index in [9.17, 15) is 0 Å². The van der Waals surface area contributed by atoms with E-state index in [0.29, 0.717) is 13.2 Å². The molecule has 0 aliphatic heterocycles. The van der Waals surface area contributed by atoms with Gasteiger partial charge in [-0.3, -0.25) is 0 Å². The lowest BCUT2D eigenvalue weighted by molar-refractivity contribution is 0.283. The first kappa shape index (κ1) is 16.5. The molecular formula is C16H25NO3. The maximum atomic E-state index is 8.71. The summed E-state index contributed by atoms with van der Waals surface area (Å²) >= 11 is 0. The van der Waals surface area contributed by atoms with Crippen LogP contribution in [0.5, 0.6) is 11.5 Å². The van der Waals surface area contributed by atoms with Gasteiger partial charge in [-0.15, -0.1) is 0 Å². The van der Waals surface area contributed by atoms with E-state index in [-0.39, 0.29) is 6.61 Å². The minimum Gasteiger partial charge on any atom is -0.490 e. The Balaban J connectivity index is 2.54. The van der Waals surface area contributed by atoms with E-state index < -0.39 is 0 Å². The molecule has 1 rings (SSSR count). The Hall–Kier alpha value is -1.52. The number of hydrogen-bond acceptors (Lipinski definition) is 4. The summed E-state index contributed by atoms with van der Waals surface area (Å²) in [4.78, 5) is 0. The third-order valence-electron chi connectivity index (χ3n) is 2.76. The molecule has 0 aliphatic rings. The molecule has 0 aliphatic carbocycles. The monoisotopic (exact) mass is 279 g/mol. The van der Waals surface area contributed by atoms with Crippen molar-refractivity contribution in [3.8, 4) is 11.5 Å². The number of benzene rings is 1. The summed E-state index contributed by atoms with van der Waals surface area (Å²) in [6.45, 7) is 8.62. The first-order chi connectivity index (χ1) is 9.81. The number of ether oxygens (including phenoxy) is 2. The van der Waals surface area contributed by atoms with Crippen molar-refractivity contribution in [2.24, 2.45) is 0 Å². The molecule has 2 N–H and O–H groups in total. The van der Waals surface area contributed by atoms with Crippen LogP contribution in [0.25, 0.3) is 0 Å². The maximum Gasteiger partial charge on any atom is 0.161 e. The molecule has 0 spiro atoms. The average Bonchev–Trinajstić information content (AvgIpc) is 2.46. The second kappa shape index (κ2) is 10.3. The van der Waals surface area contributed by atoms with Crippen molar-refractivity contribution in [3.05, 3.63) is 36.4 Å². The molecule has 20 heavy (non-hydrogen) atoms. The van der Waals surface area contributed by atoms with E-state index in [1.54, 1.807) is 6.08 Å². The third-order valence-corrected chi connectivity index (χ3v) is 2.76. The molecular weight excluding hydrogens is 254 g/mol. The minimum absolute atomic E-state index is 0.255. The van der Waals surface area contributed by atoms with Gasteiger partial charge in [-0.1, -0.05) is 18.7 Å². The van der Waals surface area contributed by atoms with Crippen molar-refractivity contribution < 1.29 is 14.6 Å². The molecule has 0 unspecified atom stereocenters. The quantitative estimate of drug-likeness (QED) is 0.483. The highest BCUT2D eigenvalue weighted by molar-refractivity contribution is 5.43. The van der Waals surface area contributed by atoms with Gasteiger partial charge in [-0.25, -0.2) is 0 Å². The average molecular weight is 279 g/mol. The molecule has 4 nitrogen and oxygen atoms in total. The largest absolute Gasteiger partial charge is 0.490 e. The van der Waals surface area contributed by atoms with Gasteiger partial charge in [0, 0.05) is 13.2 Å². The topological polar surface area (TPSA) is 50.7 Å². The highest BCUT2D eigenvalue weighted by Crippen LogP contribution is 2.28. The van der Waals surface area contributed by atoms with Gasteiger partial charge >= 0.3 is 0 Å². The van der Waals surface area contributed by atoms with Gasteiger partial charge in [0.25, 0.3) is 0 Å². The Bertz CT molecular complexity index is 393. The summed E-state index contributed by atoms with van der Waals surface area (Å²) in [6.07, 6.45) is 3.53. The molecule has 112 valence electrons. The summed E-state index contributed by atoms with van der Waals surface area (Å²) in [5.41, 5.74) is 1.16. The summed E-state index contributed by atoms with van der Waals surface area (Å²) in [6, 6.07) is 5.96. The molecule has 0 radical (unpaired) electrons. The Morgan fingerprint density at radius 1 is 1.25 bits per heavy atom. The van der Waals surface area contributed by atoms with Gasteiger partial charge in [0.1, 0.15) is 6.61 Å². The highest BCUT2D eigenvalue weighted by atomic mass is 16.5. The number of aliphatic hydroxyl groups excluding tert-OH is 1. The van der Waals surface area contributed by atoms with Crippen LogP contribution in [-0.4, -0.2) is 31.5 Å². The lowest BCUT2D eigenvalue weighted by Gasteiger charge is -2.13. The molecule has 1 aromatic rings. The Morgan fingerprint density at radius 3 is 2.80 bits per heavy atom. The van der Waals surface area contributed by atoms with Crippen molar-refractivity contribution in [1.29, 1.82) is 0 Å². The SMILES string of the molecule is C=CCOc1ccc(CNCCCCO)cc1OCC. The molecule has 0 aromatic heterocycles. The molecule has 0 saturated carbocycles. The molecule has 0 bridgehead atoms. The van der Waals surface area contributed by atoms with Gasteiger partial charge in [-0.05, 0) is 44.0 Å². The van der Waals surface area contributed by atoms with Crippen molar-refractivity contribution >= 4 is 0 Å². The Morgan fingerprint density at radius 2 is 2.10 bits per heavy atom. The molecule has 0 fully saturated rings. The van der Waals surface area contributed by atoms with Gasteiger partial charge < -0.3 is 19.9 Å². The number of hydrogen-bond donors (Lipinski definition) is 2. The summed E-state index contributed by atoms with van der Waals surface area (Å²) in [5.74, 6) is 1.51. The number of unbranched alkanes of at least 4 members (excludes halogenated alkanes) is 1. The van der Waals surface area contributed by atoms with E-state index in [1.165, 1.54) is 0 Å². The van der Waals surface area contributed by atoms with E-state index in [4.69, 9.17) is 14.6 Å². The van der Waals surface area contributed by atoms with Crippen LogP contribution < -0.4 is 14.8 Å². The Labute approximate surface area is 121 Å². The second-order valence-electron chi connectivity index (χ2n) is 4.42. The van der Waals surface area contributed by atoms with Crippen LogP contribution in [0.3, 0.4) is 0 Å². The van der Waals surface area contributed by atoms with E-state index in [2.05, 4.69) is 11.9 Å². The highest BCUT2D eigenvalue weighted by Gasteiger charge is 2.06. The number of aliphatic hydroxyl groups is 1. The minimum atomic E-state index is 0.255. The van der Waals surface area contributed by atoms with E-state index in [0.717, 1.165) is 43.0 Å². The standard InChI is InChI=1S/C16H25NO3/c1-3-11-20-15-8-7-14(12-16(15)19-4-2)13-17-9-5-6-10-18/h3,7-8,12,17-18H,1,4-6,9-11,13H2,2H3. The lowest BCUT2D eigenvalue weighted by Crippen LogP contribution is -2.15. The zero-order valence-electron chi connectivity index (χ0n) is 12.2. The van der Waals surface area contributed by atoms with Crippen LogP contribution in [-0.2, 0) is 6.54 Å². The van der Waals surface area contributed by atoms with Crippen molar-refractivity contribution in [3.63, 3.8) is 0 Å². The van der Waals surface area contributed by atoms with E-state index in [1.807, 2.05) is 25.1 Å². The number of nitrogens with one attached hydrogen (secondary N) is 1. The predicted octanol–water partition coefficient (Wildman–Crippen LogP) is 2.51. The number of rotatable bonds is 11. The van der Waals surface area contributed by atoms with Crippen LogP contribution in [0.1, 0.15) is 25.3 Å². The smallest absolute Gasteiger partial charge is 0.161 e. The van der Waals surface area contributed by atoms with Crippen LogP contribution in [0, 0.1) is 0 Å². The van der Waals surface area contributed by atoms with Crippen molar-refractivity contribution in [1.82, 2.24) is 5.32 Å². The second-order valence-corrected chi connectivity index (χ2v) is 4.42. The maximum absolute atomic E-state index is 8.71. The normalized spacial score (nSPS) is 10.3. The predicted molar refractivity (Wildman–Crippen MR) is 81.3 cm³/mol. The molecule has 1 aromatic carbocycles. The zero-order valence-corrected chi connectivity index (χ0v) is 12.2. The van der Waals surface area contributed by atoms with E-state index >= 15 is 0 Å². The van der Waals surface area contributed by atoms with Crippen LogP contribution >= 0.6 is 0 Å². The fourth-order valence-corrected chi connectivity index (χ4v) is 1.79. The van der Waals surface area contributed by atoms with Crippen LogP contribution in [0.2, 0.25) is 0 Å². The lowest BCUT2D eigenvalue weighted by atomic mass is 10.2. The fourth-order valence-electron chi connectivity index (χ4n) is 1.79. The van der Waals surface area contributed by atoms with Crippen molar-refractivity contribution in [2.45, 2.75) is 26.3 Å². The molecule has 0 heterocycles. The first-order valence-corrected chi connectivity index (χ1v) is 7.12. The van der Waals surface area contributed by atoms with Gasteiger partial charge in [0.2, 0.25) is 0 Å². The first-order valence-electron chi connectivity index (χ1n) is 7.12. The summed E-state index contributed by atoms with van der Waals surface area (Å²) in [7, 11) is 0. The van der Waals surface area contributed by atoms with Crippen LogP contribution in [0.4, 0.5) is 0 Å². The van der Waals surface area contributed by atoms with Gasteiger partial charge in [0.05, 0.1) is 6.61 Å². The Kier molecular flexibility index (Phi) is 8.51. The third kappa shape index (κ3) is 6.08. The molecule has 0 atom stereocenters. The molecule has 4 heteroatoms. The molecule has 0 saturated heterocycles. The van der Waals surface area contributed by atoms with Crippen LogP contribution in [0.15, 0.2) is 30.9 Å². The van der Waals surface area contributed by atoms with Gasteiger partial charge in [-0.2, -0.15) is 0 Å². The summed E-state index contributed by atoms with van der Waals surface area (Å²) < 4.78 is 11.2. The van der Waals surface area contributed by atoms with Gasteiger partial charge in [0.15, 0.2) is 11.5 Å². The zero-order chi connectivity index (χ0) is 14.6. The fraction of sp³-hybridized carbons (Fsp3) is 0.500.